The second kappa shape index (κ2) is 8.03. The first-order valence-electron chi connectivity index (χ1n) is 10.4. The van der Waals surface area contributed by atoms with Crippen molar-refractivity contribution in [2.45, 2.75) is 39.2 Å². The number of aromatic nitrogens is 2. The first kappa shape index (κ1) is 19.1. The summed E-state index contributed by atoms with van der Waals surface area (Å²) in [5, 5.41) is 4.46. The number of likely N-dealkylation sites (tertiary alicyclic amines) is 1. The van der Waals surface area contributed by atoms with Crippen molar-refractivity contribution >= 4 is 22.5 Å². The number of carbonyl (C=O) groups excluding carboxylic acids is 1. The number of fused-ring (bicyclic) bond motifs is 1. The number of carbonyl (C=O) groups is 1. The van der Waals surface area contributed by atoms with Crippen LogP contribution < -0.4 is 10.2 Å². The Morgan fingerprint density at radius 2 is 2.04 bits per heavy atom. The molecule has 0 spiro atoms. The Bertz CT molecular complexity index is 846. The third-order valence-electron chi connectivity index (χ3n) is 6.42. The summed E-state index contributed by atoms with van der Waals surface area (Å²) in [7, 11) is 2.16. The molecule has 0 radical (unpaired) electrons. The van der Waals surface area contributed by atoms with Gasteiger partial charge in [-0.1, -0.05) is 6.92 Å². The second-order valence-electron chi connectivity index (χ2n) is 8.64. The van der Waals surface area contributed by atoms with E-state index >= 15 is 0 Å². The summed E-state index contributed by atoms with van der Waals surface area (Å²) in [6.07, 6.45) is 6.69. The molecule has 2 aliphatic rings. The molecule has 2 fully saturated rings. The van der Waals surface area contributed by atoms with E-state index in [9.17, 15) is 4.79 Å². The first-order valence-corrected chi connectivity index (χ1v) is 10.4. The maximum atomic E-state index is 12.6. The van der Waals surface area contributed by atoms with E-state index in [1.54, 1.807) is 0 Å². The van der Waals surface area contributed by atoms with Crippen LogP contribution in [0.2, 0.25) is 0 Å². The third-order valence-corrected chi connectivity index (χ3v) is 6.42. The molecule has 4 rings (SSSR count). The van der Waals surface area contributed by atoms with Gasteiger partial charge in [0.2, 0.25) is 5.91 Å². The number of pyridine rings is 2. The van der Waals surface area contributed by atoms with Crippen LogP contribution in [-0.2, 0) is 4.79 Å². The quantitative estimate of drug-likeness (QED) is 0.882. The van der Waals surface area contributed by atoms with Crippen molar-refractivity contribution in [2.24, 2.45) is 11.8 Å². The molecule has 0 saturated carbocycles. The fraction of sp³-hybridized carbons (Fsp3) is 0.591. The van der Waals surface area contributed by atoms with Crippen LogP contribution in [-0.4, -0.2) is 60.0 Å². The number of piperidine rings is 1. The molecule has 6 heteroatoms. The van der Waals surface area contributed by atoms with Gasteiger partial charge in [0.15, 0.2) is 0 Å². The lowest BCUT2D eigenvalue weighted by molar-refractivity contribution is -0.123. The maximum absolute atomic E-state index is 12.6. The van der Waals surface area contributed by atoms with Crippen LogP contribution in [0.4, 0.5) is 5.69 Å². The van der Waals surface area contributed by atoms with E-state index in [1.165, 1.54) is 0 Å². The van der Waals surface area contributed by atoms with Gasteiger partial charge in [0.1, 0.15) is 0 Å². The average Bonchev–Trinajstić information content (AvgIpc) is 3.04. The monoisotopic (exact) mass is 381 g/mol. The van der Waals surface area contributed by atoms with E-state index in [4.69, 9.17) is 0 Å². The zero-order valence-corrected chi connectivity index (χ0v) is 17.2. The van der Waals surface area contributed by atoms with E-state index in [-0.39, 0.29) is 11.9 Å². The normalized spacial score (nSPS) is 24.0. The SMILES string of the molecule is Cc1ncc(N2C[C@@H](C)[C@@H](NC(=O)CC3CCN(C)CC3)C2)c2cccnc12. The van der Waals surface area contributed by atoms with Gasteiger partial charge in [-0.2, -0.15) is 0 Å². The molecule has 6 nitrogen and oxygen atoms in total. The number of hydrogen-bond donors (Lipinski definition) is 1. The Kier molecular flexibility index (Phi) is 5.49. The fourth-order valence-electron chi connectivity index (χ4n) is 4.59. The molecule has 0 unspecified atom stereocenters. The molecule has 0 aromatic carbocycles. The highest BCUT2D eigenvalue weighted by Gasteiger charge is 2.32. The Hall–Kier alpha value is -2.21. The lowest BCUT2D eigenvalue weighted by Gasteiger charge is -2.29. The minimum atomic E-state index is 0.187. The third kappa shape index (κ3) is 3.97. The van der Waals surface area contributed by atoms with E-state index in [0.29, 0.717) is 18.3 Å². The summed E-state index contributed by atoms with van der Waals surface area (Å²) in [6.45, 7) is 8.18. The molecule has 1 amide bonds. The summed E-state index contributed by atoms with van der Waals surface area (Å²) in [4.78, 5) is 26.4. The van der Waals surface area contributed by atoms with Crippen LogP contribution in [0, 0.1) is 18.8 Å². The Morgan fingerprint density at radius 1 is 1.25 bits per heavy atom. The molecule has 0 aliphatic carbocycles. The molecule has 28 heavy (non-hydrogen) atoms. The van der Waals surface area contributed by atoms with Gasteiger partial charge in [-0.05, 0) is 63.9 Å². The molecular formula is C22H31N5O. The van der Waals surface area contributed by atoms with Gasteiger partial charge < -0.3 is 15.1 Å². The number of aryl methyl sites for hydroxylation is 1. The fourth-order valence-corrected chi connectivity index (χ4v) is 4.59. The van der Waals surface area contributed by atoms with Crippen LogP contribution in [0.3, 0.4) is 0 Å². The molecule has 1 N–H and O–H groups in total. The van der Waals surface area contributed by atoms with Crippen molar-refractivity contribution in [3.8, 4) is 0 Å². The molecule has 150 valence electrons. The van der Waals surface area contributed by atoms with E-state index in [0.717, 1.165) is 61.3 Å². The molecule has 2 aromatic heterocycles. The molecule has 4 heterocycles. The van der Waals surface area contributed by atoms with E-state index in [1.807, 2.05) is 25.4 Å². The lowest BCUT2D eigenvalue weighted by atomic mass is 9.93. The van der Waals surface area contributed by atoms with E-state index in [2.05, 4.69) is 45.1 Å². The van der Waals surface area contributed by atoms with Crippen LogP contribution in [0.15, 0.2) is 24.5 Å². The summed E-state index contributed by atoms with van der Waals surface area (Å²) >= 11 is 0. The van der Waals surface area contributed by atoms with Gasteiger partial charge in [-0.15, -0.1) is 0 Å². The Labute approximate surface area is 167 Å². The smallest absolute Gasteiger partial charge is 0.220 e. The molecular weight excluding hydrogens is 350 g/mol. The number of nitrogens with zero attached hydrogens (tertiary/aromatic N) is 4. The van der Waals surface area contributed by atoms with Gasteiger partial charge in [0.25, 0.3) is 0 Å². The van der Waals surface area contributed by atoms with Crippen LogP contribution in [0.1, 0.15) is 31.9 Å². The van der Waals surface area contributed by atoms with Crippen molar-refractivity contribution < 1.29 is 4.79 Å². The number of nitrogens with one attached hydrogen (secondary N) is 1. The minimum Gasteiger partial charge on any atom is -0.367 e. The lowest BCUT2D eigenvalue weighted by Crippen LogP contribution is -2.41. The van der Waals surface area contributed by atoms with Gasteiger partial charge >= 0.3 is 0 Å². The number of anilines is 1. The standard InChI is InChI=1S/C22H31N5O/c1-15-13-27(20-12-24-16(2)22-18(20)5-4-8-23-22)14-19(15)25-21(28)11-17-6-9-26(3)10-7-17/h4-5,8,12,15,17,19H,6-7,9-11,13-14H2,1-3H3,(H,25,28)/t15-,19+/m1/s1. The van der Waals surface area contributed by atoms with Crippen LogP contribution in [0.25, 0.3) is 10.9 Å². The zero-order chi connectivity index (χ0) is 19.7. The highest BCUT2D eigenvalue weighted by atomic mass is 16.1. The van der Waals surface area contributed by atoms with E-state index < -0.39 is 0 Å². The highest BCUT2D eigenvalue weighted by molar-refractivity contribution is 5.92. The first-order chi connectivity index (χ1) is 13.5. The van der Waals surface area contributed by atoms with Crippen molar-refractivity contribution in [1.29, 1.82) is 0 Å². The Balaban J connectivity index is 1.41. The molecule has 2 atom stereocenters. The van der Waals surface area contributed by atoms with Gasteiger partial charge in [0.05, 0.1) is 29.1 Å². The zero-order valence-electron chi connectivity index (χ0n) is 17.2. The van der Waals surface area contributed by atoms with Crippen LogP contribution in [0.5, 0.6) is 0 Å². The number of amides is 1. The van der Waals surface area contributed by atoms with Gasteiger partial charge in [-0.3, -0.25) is 14.8 Å². The van der Waals surface area contributed by atoms with Crippen LogP contribution >= 0.6 is 0 Å². The maximum Gasteiger partial charge on any atom is 0.220 e. The number of hydrogen-bond acceptors (Lipinski definition) is 5. The molecule has 2 aromatic rings. The largest absolute Gasteiger partial charge is 0.367 e. The summed E-state index contributed by atoms with van der Waals surface area (Å²) in [6, 6.07) is 4.28. The predicted octanol–water partition coefficient (Wildman–Crippen LogP) is 2.61. The van der Waals surface area contributed by atoms with Crippen molar-refractivity contribution in [3.63, 3.8) is 0 Å². The van der Waals surface area contributed by atoms with Crippen molar-refractivity contribution in [2.75, 3.05) is 38.1 Å². The summed E-state index contributed by atoms with van der Waals surface area (Å²) in [5.74, 6) is 1.15. The molecule has 0 bridgehead atoms. The van der Waals surface area contributed by atoms with Gasteiger partial charge in [-0.25, -0.2) is 0 Å². The summed E-state index contributed by atoms with van der Waals surface area (Å²) < 4.78 is 0. The van der Waals surface area contributed by atoms with Crippen molar-refractivity contribution in [3.05, 3.63) is 30.2 Å². The average molecular weight is 382 g/mol. The highest BCUT2D eigenvalue weighted by Crippen LogP contribution is 2.31. The molecule has 2 aliphatic heterocycles. The topological polar surface area (TPSA) is 61.4 Å². The predicted molar refractivity (Wildman–Crippen MR) is 112 cm³/mol. The minimum absolute atomic E-state index is 0.187. The number of rotatable bonds is 4. The van der Waals surface area contributed by atoms with Crippen molar-refractivity contribution in [1.82, 2.24) is 20.2 Å². The second-order valence-corrected chi connectivity index (χ2v) is 8.64. The Morgan fingerprint density at radius 3 is 2.82 bits per heavy atom. The molecule has 2 saturated heterocycles. The van der Waals surface area contributed by atoms with Gasteiger partial charge in [0, 0.05) is 31.1 Å². The summed E-state index contributed by atoms with van der Waals surface area (Å²) in [5.41, 5.74) is 3.03.